The second kappa shape index (κ2) is 12.2. The molecule has 0 bridgehead atoms. The summed E-state index contributed by atoms with van der Waals surface area (Å²) in [6.07, 6.45) is 11.5. The van der Waals surface area contributed by atoms with Gasteiger partial charge < -0.3 is 24.3 Å². The molecule has 2 aliphatic rings. The maximum atomic E-state index is 13.8. The Bertz CT molecular complexity index is 1730. The number of fused-ring (bicyclic) bond motifs is 2. The van der Waals surface area contributed by atoms with E-state index >= 15 is 0 Å². The number of aliphatic imine (C=N–C) groups is 2. The number of pyridine rings is 1. The van der Waals surface area contributed by atoms with Crippen LogP contribution in [-0.4, -0.2) is 93.0 Å². The third-order valence-corrected chi connectivity index (χ3v) is 7.92. The zero-order valence-electron chi connectivity index (χ0n) is 24.8. The van der Waals surface area contributed by atoms with Gasteiger partial charge in [0.05, 0.1) is 22.8 Å². The van der Waals surface area contributed by atoms with E-state index in [1.807, 2.05) is 51.6 Å². The van der Waals surface area contributed by atoms with Gasteiger partial charge in [0.15, 0.2) is 5.82 Å². The lowest BCUT2D eigenvalue weighted by atomic mass is 10.1. The first-order valence-corrected chi connectivity index (χ1v) is 14.7. The summed E-state index contributed by atoms with van der Waals surface area (Å²) < 4.78 is 4.38. The normalized spacial score (nSPS) is 16.1. The SMILES string of the molecule is CN(C)/C=C/C(=O)NCCN(CCC1C=NC=N1)C(=O)c1ccc2c(c1)nc(-c1cc3cccnc3n1CC1CC1)n2C. The van der Waals surface area contributed by atoms with Gasteiger partial charge in [0.25, 0.3) is 5.91 Å². The lowest BCUT2D eigenvalue weighted by molar-refractivity contribution is -0.116. The first-order chi connectivity index (χ1) is 20.9. The van der Waals surface area contributed by atoms with Crippen LogP contribution in [0.15, 0.2) is 64.9 Å². The van der Waals surface area contributed by atoms with Crippen molar-refractivity contribution in [1.82, 2.24) is 34.2 Å². The second-order valence-electron chi connectivity index (χ2n) is 11.5. The fourth-order valence-electron chi connectivity index (χ4n) is 5.40. The van der Waals surface area contributed by atoms with Gasteiger partial charge in [-0.3, -0.25) is 14.6 Å². The van der Waals surface area contributed by atoms with Crippen molar-refractivity contribution in [3.05, 3.63) is 60.4 Å². The summed E-state index contributed by atoms with van der Waals surface area (Å²) in [5, 5.41) is 3.97. The molecular formula is C32H37N9O2. The number of carbonyl (C=O) groups excluding carboxylic acids is 2. The van der Waals surface area contributed by atoms with Crippen molar-refractivity contribution in [3.63, 3.8) is 0 Å². The second-order valence-corrected chi connectivity index (χ2v) is 11.5. The van der Waals surface area contributed by atoms with Crippen LogP contribution in [0.4, 0.5) is 0 Å². The molecule has 1 atom stereocenters. The average molecular weight is 580 g/mol. The third kappa shape index (κ3) is 6.35. The number of aryl methyl sites for hydroxylation is 1. The van der Waals surface area contributed by atoms with Crippen molar-refractivity contribution < 1.29 is 9.59 Å². The van der Waals surface area contributed by atoms with Crippen LogP contribution in [0.25, 0.3) is 33.6 Å². The Morgan fingerprint density at radius 3 is 2.77 bits per heavy atom. The maximum absolute atomic E-state index is 13.8. The van der Waals surface area contributed by atoms with E-state index in [9.17, 15) is 9.59 Å². The molecule has 4 heterocycles. The van der Waals surface area contributed by atoms with Crippen LogP contribution >= 0.6 is 0 Å². The van der Waals surface area contributed by atoms with E-state index in [2.05, 4.69) is 41.6 Å². The molecule has 1 fully saturated rings. The van der Waals surface area contributed by atoms with Crippen LogP contribution < -0.4 is 5.32 Å². The monoisotopic (exact) mass is 579 g/mol. The minimum absolute atomic E-state index is 0.0503. The minimum Gasteiger partial charge on any atom is -0.383 e. The van der Waals surface area contributed by atoms with E-state index in [0.29, 0.717) is 37.5 Å². The number of rotatable bonds is 12. The molecule has 3 aromatic heterocycles. The largest absolute Gasteiger partial charge is 0.383 e. The molecular weight excluding hydrogens is 542 g/mol. The van der Waals surface area contributed by atoms with Gasteiger partial charge in [-0.05, 0) is 61.6 Å². The summed E-state index contributed by atoms with van der Waals surface area (Å²) in [7, 11) is 5.72. The standard InChI is InChI=1S/C32H37N9O2/c1-38(2)14-11-29(42)34-13-16-40(15-10-25-19-33-21-36-25)32(43)24-8-9-27-26(17-24)37-31(39(27)3)28-18-23-5-4-12-35-30(23)41(28)20-22-6-7-22/h4-5,8-9,11-12,14,17-19,21-22,25H,6-7,10,13,15-16,20H2,1-3H3,(H,34,42)/b14-11+. The zero-order valence-corrected chi connectivity index (χ0v) is 24.8. The number of hydrogen-bond acceptors (Lipinski definition) is 7. The number of carbonyl (C=O) groups is 2. The van der Waals surface area contributed by atoms with Gasteiger partial charge in [-0.1, -0.05) is 0 Å². The van der Waals surface area contributed by atoms with Crippen molar-refractivity contribution in [1.29, 1.82) is 0 Å². The quantitative estimate of drug-likeness (QED) is 0.258. The van der Waals surface area contributed by atoms with Gasteiger partial charge in [0.1, 0.15) is 12.0 Å². The van der Waals surface area contributed by atoms with E-state index < -0.39 is 0 Å². The molecule has 1 aromatic carbocycles. The smallest absolute Gasteiger partial charge is 0.253 e. The number of amides is 2. The predicted octanol–water partition coefficient (Wildman–Crippen LogP) is 3.51. The summed E-state index contributed by atoms with van der Waals surface area (Å²) in [6.45, 7) is 2.11. The molecule has 4 aromatic rings. The van der Waals surface area contributed by atoms with Crippen molar-refractivity contribution in [3.8, 4) is 11.5 Å². The molecule has 0 saturated heterocycles. The van der Waals surface area contributed by atoms with Gasteiger partial charge in [0, 0.05) is 83.0 Å². The van der Waals surface area contributed by atoms with Crippen molar-refractivity contribution in [2.45, 2.75) is 31.8 Å². The number of aromatic nitrogens is 4. The predicted molar refractivity (Wildman–Crippen MR) is 169 cm³/mol. The van der Waals surface area contributed by atoms with Gasteiger partial charge in [-0.2, -0.15) is 0 Å². The Morgan fingerprint density at radius 2 is 2.00 bits per heavy atom. The molecule has 0 spiro atoms. The van der Waals surface area contributed by atoms with Crippen LogP contribution in [0.1, 0.15) is 29.6 Å². The molecule has 1 N–H and O–H groups in total. The molecule has 11 heteroatoms. The lowest BCUT2D eigenvalue weighted by Gasteiger charge is -2.23. The average Bonchev–Trinajstić information content (AvgIpc) is 3.38. The highest BCUT2D eigenvalue weighted by Crippen LogP contribution is 2.36. The molecule has 2 amide bonds. The molecule has 0 radical (unpaired) electrons. The van der Waals surface area contributed by atoms with Gasteiger partial charge >= 0.3 is 0 Å². The molecule has 11 nitrogen and oxygen atoms in total. The zero-order chi connectivity index (χ0) is 29.9. The summed E-state index contributed by atoms with van der Waals surface area (Å²) in [5.41, 5.74) is 4.27. The van der Waals surface area contributed by atoms with Crippen LogP contribution in [0.2, 0.25) is 0 Å². The molecule has 43 heavy (non-hydrogen) atoms. The highest BCUT2D eigenvalue weighted by molar-refractivity contribution is 5.98. The topological polar surface area (TPSA) is 113 Å². The number of nitrogens with zero attached hydrogens (tertiary/aromatic N) is 8. The number of benzene rings is 1. The highest BCUT2D eigenvalue weighted by atomic mass is 16.2. The van der Waals surface area contributed by atoms with Crippen LogP contribution in [0.5, 0.6) is 0 Å². The highest BCUT2D eigenvalue weighted by Gasteiger charge is 2.26. The fourth-order valence-corrected chi connectivity index (χ4v) is 5.40. The van der Waals surface area contributed by atoms with Gasteiger partial charge in [0.2, 0.25) is 5.91 Å². The van der Waals surface area contributed by atoms with Crippen LogP contribution in [-0.2, 0) is 18.4 Å². The van der Waals surface area contributed by atoms with Gasteiger partial charge in [-0.15, -0.1) is 0 Å². The molecule has 6 rings (SSSR count). The van der Waals surface area contributed by atoms with Crippen LogP contribution in [0.3, 0.4) is 0 Å². The van der Waals surface area contributed by atoms with Crippen molar-refractivity contribution >= 4 is 46.4 Å². The number of imidazole rings is 1. The Labute approximate surface area is 250 Å². The molecule has 1 saturated carbocycles. The Kier molecular flexibility index (Phi) is 8.04. The molecule has 1 unspecified atom stereocenters. The summed E-state index contributed by atoms with van der Waals surface area (Å²) in [6, 6.07) is 11.9. The van der Waals surface area contributed by atoms with Crippen LogP contribution in [0, 0.1) is 5.92 Å². The first-order valence-electron chi connectivity index (χ1n) is 14.7. The maximum Gasteiger partial charge on any atom is 0.253 e. The summed E-state index contributed by atoms with van der Waals surface area (Å²) in [4.78, 5) is 47.7. The number of hydrogen-bond donors (Lipinski definition) is 1. The van der Waals surface area contributed by atoms with E-state index in [0.717, 1.165) is 40.1 Å². The van der Waals surface area contributed by atoms with E-state index in [4.69, 9.17) is 4.98 Å². The van der Waals surface area contributed by atoms with Crippen molar-refractivity contribution in [2.24, 2.45) is 23.0 Å². The van der Waals surface area contributed by atoms with E-state index in [1.54, 1.807) is 28.6 Å². The summed E-state index contributed by atoms with van der Waals surface area (Å²) in [5.74, 6) is 1.21. The lowest BCUT2D eigenvalue weighted by Crippen LogP contribution is -2.39. The Hall–Kier alpha value is -4.80. The summed E-state index contributed by atoms with van der Waals surface area (Å²) >= 11 is 0. The Balaban J connectivity index is 1.25. The minimum atomic E-state index is -0.203. The molecule has 1 aliphatic carbocycles. The van der Waals surface area contributed by atoms with Gasteiger partial charge in [-0.25, -0.2) is 15.0 Å². The molecule has 1 aliphatic heterocycles. The van der Waals surface area contributed by atoms with E-state index in [1.165, 1.54) is 18.9 Å². The number of nitrogens with one attached hydrogen (secondary N) is 1. The molecule has 222 valence electrons. The van der Waals surface area contributed by atoms with E-state index in [-0.39, 0.29) is 17.9 Å². The fraction of sp³-hybridized carbons (Fsp3) is 0.375. The third-order valence-electron chi connectivity index (χ3n) is 7.92. The first kappa shape index (κ1) is 28.3. The Morgan fingerprint density at radius 1 is 1.14 bits per heavy atom. The van der Waals surface area contributed by atoms with Crippen molar-refractivity contribution in [2.75, 3.05) is 33.7 Å².